The monoisotopic (exact) mass is 159 g/mol. The lowest BCUT2D eigenvalue weighted by molar-refractivity contribution is 0.255. The summed E-state index contributed by atoms with van der Waals surface area (Å²) >= 11 is 0. The van der Waals surface area contributed by atoms with Crippen LogP contribution in [0, 0.1) is 5.92 Å². The average molecular weight is 159 g/mol. The van der Waals surface area contributed by atoms with Crippen LogP contribution in [0.15, 0.2) is 0 Å². The van der Waals surface area contributed by atoms with E-state index in [-0.39, 0.29) is 6.67 Å². The summed E-state index contributed by atoms with van der Waals surface area (Å²) in [5.41, 5.74) is 0. The summed E-state index contributed by atoms with van der Waals surface area (Å²) in [5.74, 6) is 0.319. The number of likely N-dealkylation sites (tertiary alicyclic amines) is 1. The molecular weight excluding hydrogens is 141 g/mol. The molecule has 1 rings (SSSR count). The summed E-state index contributed by atoms with van der Waals surface area (Å²) < 4.78 is 12.3. The molecule has 1 heterocycles. The van der Waals surface area contributed by atoms with Gasteiger partial charge in [-0.05, 0) is 19.4 Å². The summed E-state index contributed by atoms with van der Waals surface area (Å²) in [6, 6.07) is 0.653. The fourth-order valence-electron chi connectivity index (χ4n) is 2.01. The third-order valence-electron chi connectivity index (χ3n) is 2.71. The molecule has 1 aliphatic rings. The lowest BCUT2D eigenvalue weighted by atomic mass is 10.1. The highest BCUT2D eigenvalue weighted by Gasteiger charge is 2.29. The lowest BCUT2D eigenvalue weighted by Gasteiger charge is -2.20. The van der Waals surface area contributed by atoms with Crippen molar-refractivity contribution >= 4 is 0 Å². The quantitative estimate of drug-likeness (QED) is 0.609. The number of hydrogen-bond acceptors (Lipinski definition) is 1. The molecule has 0 N–H and O–H groups in total. The van der Waals surface area contributed by atoms with E-state index in [9.17, 15) is 4.39 Å². The first-order valence-electron chi connectivity index (χ1n) is 4.61. The topological polar surface area (TPSA) is 3.24 Å². The number of alkyl halides is 1. The van der Waals surface area contributed by atoms with E-state index in [2.05, 4.69) is 18.7 Å². The second kappa shape index (κ2) is 4.05. The first-order valence-corrected chi connectivity index (χ1v) is 4.61. The minimum atomic E-state index is -0.132. The predicted molar refractivity (Wildman–Crippen MR) is 45.4 cm³/mol. The Balaban J connectivity index is 2.41. The van der Waals surface area contributed by atoms with Gasteiger partial charge in [0, 0.05) is 18.5 Å². The van der Waals surface area contributed by atoms with Gasteiger partial charge in [0.15, 0.2) is 0 Å². The summed E-state index contributed by atoms with van der Waals surface area (Å²) in [6.45, 7) is 6.27. The van der Waals surface area contributed by atoms with Crippen LogP contribution < -0.4 is 0 Å². The average Bonchev–Trinajstić information content (AvgIpc) is 2.46. The Bertz CT molecular complexity index is 104. The van der Waals surface area contributed by atoms with Gasteiger partial charge < -0.3 is 4.90 Å². The number of halogens is 1. The fourth-order valence-corrected chi connectivity index (χ4v) is 2.01. The van der Waals surface area contributed by atoms with Crippen LogP contribution in [0.4, 0.5) is 4.39 Å². The number of nitrogens with zero attached hydrogens (tertiary/aromatic N) is 1. The van der Waals surface area contributed by atoms with E-state index in [0.717, 1.165) is 19.5 Å². The molecule has 1 fully saturated rings. The molecule has 2 heteroatoms. The summed E-state index contributed by atoms with van der Waals surface area (Å²) in [4.78, 5) is 2.39. The first kappa shape index (κ1) is 8.98. The van der Waals surface area contributed by atoms with E-state index >= 15 is 0 Å². The molecule has 1 unspecified atom stereocenters. The highest BCUT2D eigenvalue weighted by atomic mass is 19.1. The van der Waals surface area contributed by atoms with Gasteiger partial charge in [0.25, 0.3) is 0 Å². The molecule has 0 saturated carbocycles. The van der Waals surface area contributed by atoms with Crippen LogP contribution in [0.5, 0.6) is 0 Å². The summed E-state index contributed by atoms with van der Waals surface area (Å²) in [7, 11) is 0. The third kappa shape index (κ3) is 1.92. The summed E-state index contributed by atoms with van der Waals surface area (Å²) in [6.07, 6.45) is 2.24. The van der Waals surface area contributed by atoms with Crippen LogP contribution in [-0.2, 0) is 0 Å². The highest BCUT2D eigenvalue weighted by molar-refractivity contribution is 4.83. The van der Waals surface area contributed by atoms with Crippen molar-refractivity contribution < 1.29 is 4.39 Å². The van der Waals surface area contributed by atoms with Gasteiger partial charge in [-0.1, -0.05) is 13.8 Å². The minimum Gasteiger partial charge on any atom is -0.300 e. The fraction of sp³-hybridized carbons (Fsp3) is 1.00. The normalized spacial score (nSPS) is 33.0. The molecule has 1 saturated heterocycles. The molecule has 0 aromatic heterocycles. The van der Waals surface area contributed by atoms with Gasteiger partial charge in [-0.3, -0.25) is 4.39 Å². The van der Waals surface area contributed by atoms with E-state index in [1.54, 1.807) is 0 Å². The predicted octanol–water partition coefficient (Wildman–Crippen LogP) is 2.08. The van der Waals surface area contributed by atoms with Crippen LogP contribution in [-0.4, -0.2) is 30.7 Å². The molecule has 2 atom stereocenters. The van der Waals surface area contributed by atoms with Crippen LogP contribution in [0.2, 0.25) is 0 Å². The zero-order chi connectivity index (χ0) is 8.27. The third-order valence-corrected chi connectivity index (χ3v) is 2.71. The molecule has 0 aliphatic carbocycles. The number of hydrogen-bond donors (Lipinski definition) is 0. The van der Waals surface area contributed by atoms with E-state index in [1.165, 1.54) is 6.42 Å². The van der Waals surface area contributed by atoms with Gasteiger partial charge in [-0.25, -0.2) is 0 Å². The van der Waals surface area contributed by atoms with Crippen molar-refractivity contribution in [3.63, 3.8) is 0 Å². The van der Waals surface area contributed by atoms with Gasteiger partial charge in [0.1, 0.15) is 0 Å². The molecule has 0 aromatic carbocycles. The van der Waals surface area contributed by atoms with E-state index in [0.29, 0.717) is 12.0 Å². The van der Waals surface area contributed by atoms with Crippen molar-refractivity contribution in [3.05, 3.63) is 0 Å². The van der Waals surface area contributed by atoms with Crippen molar-refractivity contribution in [3.8, 4) is 0 Å². The second-order valence-electron chi connectivity index (χ2n) is 3.41. The van der Waals surface area contributed by atoms with Crippen molar-refractivity contribution in [1.29, 1.82) is 0 Å². The zero-order valence-corrected chi connectivity index (χ0v) is 7.52. The largest absolute Gasteiger partial charge is 0.300 e. The Morgan fingerprint density at radius 1 is 1.45 bits per heavy atom. The smallest absolute Gasteiger partial charge is 0.0935 e. The van der Waals surface area contributed by atoms with Crippen molar-refractivity contribution in [2.75, 3.05) is 19.8 Å². The zero-order valence-electron chi connectivity index (χ0n) is 7.52. The van der Waals surface area contributed by atoms with Gasteiger partial charge in [-0.15, -0.1) is 0 Å². The van der Waals surface area contributed by atoms with Crippen LogP contribution in [0.25, 0.3) is 0 Å². The van der Waals surface area contributed by atoms with Crippen LogP contribution in [0.1, 0.15) is 26.7 Å². The summed E-state index contributed by atoms with van der Waals surface area (Å²) in [5, 5.41) is 0. The lowest BCUT2D eigenvalue weighted by Crippen LogP contribution is -2.28. The van der Waals surface area contributed by atoms with Gasteiger partial charge in [0.05, 0.1) is 6.67 Å². The molecule has 11 heavy (non-hydrogen) atoms. The molecule has 1 nitrogen and oxygen atoms in total. The SMILES string of the molecule is CCC1C[C@H](CF)CN1CC. The van der Waals surface area contributed by atoms with E-state index < -0.39 is 0 Å². The van der Waals surface area contributed by atoms with E-state index in [4.69, 9.17) is 0 Å². The van der Waals surface area contributed by atoms with Gasteiger partial charge in [0.2, 0.25) is 0 Å². The number of rotatable bonds is 3. The Kier molecular flexibility index (Phi) is 3.31. The Morgan fingerprint density at radius 2 is 2.18 bits per heavy atom. The molecule has 0 bridgehead atoms. The van der Waals surface area contributed by atoms with Crippen LogP contribution in [0.3, 0.4) is 0 Å². The standard InChI is InChI=1S/C9H18FN/c1-3-9-5-8(6-10)7-11(9)4-2/h8-9H,3-7H2,1-2H3/t8-,9?/m1/s1. The molecule has 0 radical (unpaired) electrons. The molecule has 0 amide bonds. The molecule has 1 aliphatic heterocycles. The van der Waals surface area contributed by atoms with Crippen LogP contribution >= 0.6 is 0 Å². The Morgan fingerprint density at radius 3 is 2.55 bits per heavy atom. The minimum absolute atomic E-state index is 0.132. The van der Waals surface area contributed by atoms with E-state index in [1.807, 2.05) is 0 Å². The first-order chi connectivity index (χ1) is 5.31. The van der Waals surface area contributed by atoms with Gasteiger partial charge in [-0.2, -0.15) is 0 Å². The van der Waals surface area contributed by atoms with Crippen molar-refractivity contribution in [2.45, 2.75) is 32.7 Å². The van der Waals surface area contributed by atoms with Gasteiger partial charge >= 0.3 is 0 Å². The maximum atomic E-state index is 12.3. The molecule has 66 valence electrons. The second-order valence-corrected chi connectivity index (χ2v) is 3.41. The highest BCUT2D eigenvalue weighted by Crippen LogP contribution is 2.24. The maximum Gasteiger partial charge on any atom is 0.0935 e. The Hall–Kier alpha value is -0.110. The molecule has 0 aromatic rings. The molecular formula is C9H18FN. The molecule has 0 spiro atoms. The van der Waals surface area contributed by atoms with Crippen molar-refractivity contribution in [2.24, 2.45) is 5.92 Å². The maximum absolute atomic E-state index is 12.3. The van der Waals surface area contributed by atoms with Crippen molar-refractivity contribution in [1.82, 2.24) is 4.90 Å². The Labute approximate surface area is 68.6 Å².